The first-order chi connectivity index (χ1) is 11.2. The molecule has 1 N–H and O–H groups in total. The summed E-state index contributed by atoms with van der Waals surface area (Å²) in [5, 5.41) is 9.06. The number of hydrogen-bond donors (Lipinski definition) is 1. The molecule has 3 aromatic rings. The van der Waals surface area contributed by atoms with E-state index < -0.39 is 0 Å². The highest BCUT2D eigenvalue weighted by molar-refractivity contribution is 7.10. The summed E-state index contributed by atoms with van der Waals surface area (Å²) in [5.41, 5.74) is 3.94. The highest BCUT2D eigenvalue weighted by Gasteiger charge is 2.10. The molecule has 0 aliphatic rings. The topological polar surface area (TPSA) is 54.9 Å². The Morgan fingerprint density at radius 3 is 2.83 bits per heavy atom. The van der Waals surface area contributed by atoms with Crippen LogP contribution < -0.4 is 5.32 Å². The van der Waals surface area contributed by atoms with Crippen molar-refractivity contribution in [2.75, 3.05) is 0 Å². The summed E-state index contributed by atoms with van der Waals surface area (Å²) < 4.78 is 0. The van der Waals surface area contributed by atoms with Crippen LogP contribution in [-0.4, -0.2) is 15.9 Å². The first-order valence-electron chi connectivity index (χ1n) is 7.36. The largest absolute Gasteiger partial charge is 0.350 e. The lowest BCUT2D eigenvalue weighted by atomic mass is 10.1. The number of aryl methyl sites for hydroxylation is 2. The van der Waals surface area contributed by atoms with Gasteiger partial charge in [-0.15, -0.1) is 11.3 Å². The molecule has 0 saturated heterocycles. The van der Waals surface area contributed by atoms with Gasteiger partial charge in [0.05, 0.1) is 17.9 Å². The second-order valence-electron chi connectivity index (χ2n) is 5.17. The van der Waals surface area contributed by atoms with E-state index in [1.807, 2.05) is 16.8 Å². The number of amides is 1. The third-order valence-electron chi connectivity index (χ3n) is 3.57. The molecule has 0 spiro atoms. The normalized spacial score (nSPS) is 10.7. The number of carbonyl (C=O) groups excluding carboxylic acids is 1. The molecule has 4 nitrogen and oxygen atoms in total. The number of nitrogens with one attached hydrogen (secondary N) is 1. The van der Waals surface area contributed by atoms with Gasteiger partial charge in [-0.25, -0.2) is 0 Å². The standard InChI is InChI=1S/C17H17N3OS2/c1-12-4-9-23-15(12)2-3-16(21)20-10-14-17(19-7-6-18-14)13-5-8-22-11-13/h4-9,11H,2-3,10H2,1H3,(H,20,21). The van der Waals surface area contributed by atoms with Crippen LogP contribution in [0, 0.1) is 6.92 Å². The molecule has 0 bridgehead atoms. The van der Waals surface area contributed by atoms with Gasteiger partial charge in [0.25, 0.3) is 0 Å². The third-order valence-corrected chi connectivity index (χ3v) is 5.33. The average molecular weight is 343 g/mol. The molecule has 3 rings (SSSR count). The zero-order chi connectivity index (χ0) is 16.1. The lowest BCUT2D eigenvalue weighted by Crippen LogP contribution is -2.24. The first kappa shape index (κ1) is 15.8. The second-order valence-corrected chi connectivity index (χ2v) is 6.95. The van der Waals surface area contributed by atoms with E-state index in [0.717, 1.165) is 23.4 Å². The van der Waals surface area contributed by atoms with Crippen molar-refractivity contribution in [1.29, 1.82) is 0 Å². The lowest BCUT2D eigenvalue weighted by Gasteiger charge is -2.08. The molecule has 3 aromatic heterocycles. The number of nitrogens with zero attached hydrogens (tertiary/aromatic N) is 2. The molecule has 0 fully saturated rings. The summed E-state index contributed by atoms with van der Waals surface area (Å²) >= 11 is 3.33. The van der Waals surface area contributed by atoms with Crippen molar-refractivity contribution in [1.82, 2.24) is 15.3 Å². The Bertz CT molecular complexity index is 781. The van der Waals surface area contributed by atoms with E-state index in [1.54, 1.807) is 35.1 Å². The molecule has 0 aliphatic heterocycles. The van der Waals surface area contributed by atoms with Gasteiger partial charge in [0.2, 0.25) is 5.91 Å². The van der Waals surface area contributed by atoms with Gasteiger partial charge in [0.1, 0.15) is 0 Å². The fourth-order valence-electron chi connectivity index (χ4n) is 2.29. The Hall–Kier alpha value is -2.05. The molecule has 0 aliphatic carbocycles. The van der Waals surface area contributed by atoms with Crippen LogP contribution >= 0.6 is 22.7 Å². The number of rotatable bonds is 6. The number of hydrogen-bond acceptors (Lipinski definition) is 5. The van der Waals surface area contributed by atoms with E-state index in [0.29, 0.717) is 13.0 Å². The summed E-state index contributed by atoms with van der Waals surface area (Å²) in [6, 6.07) is 4.10. The number of aromatic nitrogens is 2. The van der Waals surface area contributed by atoms with Crippen molar-refractivity contribution in [3.8, 4) is 11.3 Å². The highest BCUT2D eigenvalue weighted by Crippen LogP contribution is 2.22. The van der Waals surface area contributed by atoms with Crippen molar-refractivity contribution in [2.24, 2.45) is 0 Å². The van der Waals surface area contributed by atoms with Crippen LogP contribution in [0.1, 0.15) is 22.6 Å². The maximum absolute atomic E-state index is 12.1. The number of thiophene rings is 2. The summed E-state index contributed by atoms with van der Waals surface area (Å²) in [6.45, 7) is 2.48. The molecule has 0 atom stereocenters. The van der Waals surface area contributed by atoms with E-state index in [2.05, 4.69) is 33.7 Å². The minimum atomic E-state index is 0.0414. The van der Waals surface area contributed by atoms with Crippen LogP contribution in [0.4, 0.5) is 0 Å². The molecule has 3 heterocycles. The Morgan fingerprint density at radius 1 is 1.22 bits per heavy atom. The van der Waals surface area contributed by atoms with Gasteiger partial charge >= 0.3 is 0 Å². The van der Waals surface area contributed by atoms with Crippen molar-refractivity contribution in [3.63, 3.8) is 0 Å². The zero-order valence-corrected chi connectivity index (χ0v) is 14.4. The number of carbonyl (C=O) groups is 1. The molecular formula is C17H17N3OS2. The highest BCUT2D eigenvalue weighted by atomic mass is 32.1. The van der Waals surface area contributed by atoms with Gasteiger partial charge in [-0.3, -0.25) is 14.8 Å². The Morgan fingerprint density at radius 2 is 2.09 bits per heavy atom. The Balaban J connectivity index is 1.58. The monoisotopic (exact) mass is 343 g/mol. The van der Waals surface area contributed by atoms with Crippen molar-refractivity contribution >= 4 is 28.6 Å². The molecule has 0 aromatic carbocycles. The van der Waals surface area contributed by atoms with Crippen LogP contribution in [0.5, 0.6) is 0 Å². The third kappa shape index (κ3) is 4.03. The Kier molecular flexibility index (Phi) is 5.15. The molecule has 0 saturated carbocycles. The van der Waals surface area contributed by atoms with E-state index in [1.165, 1.54) is 10.4 Å². The van der Waals surface area contributed by atoms with E-state index >= 15 is 0 Å². The molecule has 23 heavy (non-hydrogen) atoms. The SMILES string of the molecule is Cc1ccsc1CCC(=O)NCc1nccnc1-c1ccsc1. The fourth-order valence-corrected chi connectivity index (χ4v) is 3.85. The van der Waals surface area contributed by atoms with Crippen molar-refractivity contribution < 1.29 is 4.79 Å². The zero-order valence-electron chi connectivity index (χ0n) is 12.8. The van der Waals surface area contributed by atoms with E-state index in [4.69, 9.17) is 0 Å². The molecule has 0 radical (unpaired) electrons. The van der Waals surface area contributed by atoms with Crippen LogP contribution in [0.25, 0.3) is 11.3 Å². The maximum Gasteiger partial charge on any atom is 0.220 e. The molecule has 1 amide bonds. The van der Waals surface area contributed by atoms with Gasteiger partial charge in [0.15, 0.2) is 0 Å². The van der Waals surface area contributed by atoms with Crippen molar-refractivity contribution in [2.45, 2.75) is 26.3 Å². The van der Waals surface area contributed by atoms with Crippen LogP contribution in [0.2, 0.25) is 0 Å². The molecule has 118 valence electrons. The van der Waals surface area contributed by atoms with Crippen LogP contribution in [0.15, 0.2) is 40.7 Å². The average Bonchev–Trinajstić information content (AvgIpc) is 3.23. The predicted molar refractivity (Wildman–Crippen MR) is 94.6 cm³/mol. The van der Waals surface area contributed by atoms with Crippen LogP contribution in [0.3, 0.4) is 0 Å². The van der Waals surface area contributed by atoms with Gasteiger partial charge in [-0.2, -0.15) is 11.3 Å². The summed E-state index contributed by atoms with van der Waals surface area (Å²) in [7, 11) is 0. The quantitative estimate of drug-likeness (QED) is 0.740. The second kappa shape index (κ2) is 7.48. The van der Waals surface area contributed by atoms with Gasteiger partial charge < -0.3 is 5.32 Å². The molecular weight excluding hydrogens is 326 g/mol. The van der Waals surface area contributed by atoms with Crippen molar-refractivity contribution in [3.05, 3.63) is 56.8 Å². The van der Waals surface area contributed by atoms with Crippen LogP contribution in [-0.2, 0) is 17.8 Å². The summed E-state index contributed by atoms with van der Waals surface area (Å²) in [4.78, 5) is 22.1. The minimum Gasteiger partial charge on any atom is -0.350 e. The smallest absolute Gasteiger partial charge is 0.220 e. The van der Waals surface area contributed by atoms with Gasteiger partial charge in [0, 0.05) is 34.6 Å². The molecule has 6 heteroatoms. The Labute approximate surface area is 143 Å². The van der Waals surface area contributed by atoms with Gasteiger partial charge in [-0.05, 0) is 41.8 Å². The maximum atomic E-state index is 12.1. The first-order valence-corrected chi connectivity index (χ1v) is 9.18. The minimum absolute atomic E-state index is 0.0414. The predicted octanol–water partition coefficient (Wildman–Crippen LogP) is 3.82. The summed E-state index contributed by atoms with van der Waals surface area (Å²) in [6.07, 6.45) is 4.62. The summed E-state index contributed by atoms with van der Waals surface area (Å²) in [5.74, 6) is 0.0414. The van der Waals surface area contributed by atoms with E-state index in [-0.39, 0.29) is 5.91 Å². The van der Waals surface area contributed by atoms with Gasteiger partial charge in [-0.1, -0.05) is 0 Å². The fraction of sp³-hybridized carbons (Fsp3) is 0.235. The molecule has 0 unspecified atom stereocenters. The lowest BCUT2D eigenvalue weighted by molar-refractivity contribution is -0.121. The van der Waals surface area contributed by atoms with E-state index in [9.17, 15) is 4.79 Å².